The van der Waals surface area contributed by atoms with Crippen LogP contribution in [0.15, 0.2) is 52.5 Å². The molecule has 6 rings (SSSR count). The molecule has 17 nitrogen and oxygen atoms in total. The van der Waals surface area contributed by atoms with E-state index in [2.05, 4.69) is 14.5 Å². The third-order valence-electron chi connectivity index (χ3n) is 7.79. The van der Waals surface area contributed by atoms with Crippen molar-refractivity contribution >= 4 is 80.6 Å². The van der Waals surface area contributed by atoms with Gasteiger partial charge in [0.1, 0.15) is 18.6 Å². The lowest BCUT2D eigenvalue weighted by Gasteiger charge is -2.50. The summed E-state index contributed by atoms with van der Waals surface area (Å²) in [5.74, 6) is -4.93. The van der Waals surface area contributed by atoms with Crippen LogP contribution in [0.2, 0.25) is 0 Å². The highest BCUT2D eigenvalue weighted by Crippen LogP contribution is 2.45. The summed E-state index contributed by atoms with van der Waals surface area (Å²) in [5, 5.41) is 34.4. The summed E-state index contributed by atoms with van der Waals surface area (Å²) in [6, 6.07) is 3.75. The molecule has 1 saturated heterocycles. The van der Waals surface area contributed by atoms with E-state index < -0.39 is 46.2 Å². The highest BCUT2D eigenvalue weighted by Gasteiger charge is 2.53. The van der Waals surface area contributed by atoms with Crippen LogP contribution >= 0.6 is 34.6 Å². The van der Waals surface area contributed by atoms with Crippen LogP contribution < -0.4 is 21.1 Å². The van der Waals surface area contributed by atoms with Crippen molar-refractivity contribution in [2.45, 2.75) is 44.3 Å². The number of hydrogen-bond donors (Lipinski definition) is 4. The van der Waals surface area contributed by atoms with Gasteiger partial charge in [0, 0.05) is 39.5 Å². The Morgan fingerprint density at radius 1 is 1.31 bits per heavy atom. The molecule has 2 aliphatic rings. The second-order valence-corrected chi connectivity index (χ2v) is 14.3. The van der Waals surface area contributed by atoms with Gasteiger partial charge < -0.3 is 31.3 Å². The Labute approximate surface area is 283 Å². The van der Waals surface area contributed by atoms with Crippen LogP contribution in [-0.4, -0.2) is 80.5 Å². The zero-order valence-electron chi connectivity index (χ0n) is 25.4. The molecule has 0 saturated carbocycles. The van der Waals surface area contributed by atoms with Crippen LogP contribution in [0.3, 0.4) is 0 Å². The van der Waals surface area contributed by atoms with Crippen molar-refractivity contribution < 1.29 is 38.8 Å². The van der Waals surface area contributed by atoms with Gasteiger partial charge in [0.05, 0.1) is 41.8 Å². The number of ketones is 1. The lowest BCUT2D eigenvalue weighted by Crippen LogP contribution is -2.63. The Hall–Kier alpha value is -5.08. The number of aromatic nitrogens is 5. The van der Waals surface area contributed by atoms with E-state index in [0.29, 0.717) is 17.7 Å². The van der Waals surface area contributed by atoms with E-state index >= 15 is 0 Å². The Kier molecular flexibility index (Phi) is 8.56. The fourth-order valence-corrected chi connectivity index (χ4v) is 7.96. The third kappa shape index (κ3) is 6.04. The molecule has 0 radical (unpaired) electrons. The van der Waals surface area contributed by atoms with Crippen LogP contribution in [-0.2, 0) is 37.1 Å². The summed E-state index contributed by atoms with van der Waals surface area (Å²) in [6.45, 7) is 3.19. The lowest BCUT2D eigenvalue weighted by molar-refractivity contribution is -0.661. The highest BCUT2D eigenvalue weighted by molar-refractivity contribution is 8.00. The number of fused-ring (bicyclic) bond motifs is 2. The third-order valence-corrected chi connectivity index (χ3v) is 10.6. The van der Waals surface area contributed by atoms with Crippen molar-refractivity contribution in [2.75, 3.05) is 11.5 Å². The Morgan fingerprint density at radius 3 is 2.73 bits per heavy atom. The average molecular weight is 713 g/mol. The predicted molar refractivity (Wildman–Crippen MR) is 172 cm³/mol. The Balaban J connectivity index is 1.20. The van der Waals surface area contributed by atoms with Crippen molar-refractivity contribution in [3.8, 4) is 0 Å². The van der Waals surface area contributed by atoms with Gasteiger partial charge >= 0.3 is 11.6 Å². The molecule has 2 aliphatic heterocycles. The largest absolute Gasteiger partial charge is 0.543 e. The molecular formula is C28H28N10O7S3. The summed E-state index contributed by atoms with van der Waals surface area (Å²) < 4.78 is 9.67. The minimum atomic E-state index is -1.78. The molecule has 6 N–H and O–H groups in total. The number of nitrogen functional groups attached to an aromatic ring is 2. The molecule has 1 fully saturated rings. The molecule has 20 heteroatoms. The molecule has 1 amide bonds. The SMILES string of the molecule is CC(C)(O/N=C(\C(=O)C[C@@H]1C(=O)N2C(C(=O)[O-])=C(Cn3ccc4n3cc[n+]4Cc3cc(C(=N)N)cs3)CS[C@H]12)c1nsc(N)n1)C(=O)O. The van der Waals surface area contributed by atoms with Crippen LogP contribution in [0.4, 0.5) is 5.13 Å². The number of nitrogens with zero attached hydrogens (tertiary/aromatic N) is 7. The fourth-order valence-electron chi connectivity index (χ4n) is 5.24. The summed E-state index contributed by atoms with van der Waals surface area (Å²) in [6.07, 6.45) is 5.16. The number of nitrogens with two attached hydrogens (primary N) is 2. The van der Waals surface area contributed by atoms with Gasteiger partial charge in [0.15, 0.2) is 22.8 Å². The summed E-state index contributed by atoms with van der Waals surface area (Å²) in [4.78, 5) is 62.0. The maximum absolute atomic E-state index is 13.4. The van der Waals surface area contributed by atoms with E-state index in [1.165, 1.54) is 36.9 Å². The number of rotatable bonds is 13. The molecule has 250 valence electrons. The van der Waals surface area contributed by atoms with E-state index in [4.69, 9.17) is 21.7 Å². The van der Waals surface area contributed by atoms with Gasteiger partial charge in [-0.25, -0.2) is 14.0 Å². The van der Waals surface area contributed by atoms with Crippen molar-refractivity contribution in [1.82, 2.24) is 23.5 Å². The fraction of sp³-hybridized carbons (Fsp3) is 0.321. The number of amidine groups is 1. The number of Topliss-reactive ketones (excluding diaryl/α,β-unsaturated/α-hetero) is 1. The number of hydrogen-bond acceptors (Lipinski definition) is 14. The van der Waals surface area contributed by atoms with E-state index in [1.807, 2.05) is 49.9 Å². The predicted octanol–water partition coefficient (Wildman–Crippen LogP) is -0.366. The molecule has 4 aromatic heterocycles. The first-order chi connectivity index (χ1) is 22.7. The first kappa shape index (κ1) is 32.8. The highest BCUT2D eigenvalue weighted by atomic mass is 32.2. The van der Waals surface area contributed by atoms with E-state index in [-0.39, 0.29) is 41.2 Å². The number of aliphatic carboxylic acids is 2. The number of carboxylic acids is 2. The monoisotopic (exact) mass is 712 g/mol. The number of carbonyl (C=O) groups excluding carboxylic acids is 3. The molecule has 0 unspecified atom stereocenters. The zero-order chi connectivity index (χ0) is 34.5. The summed E-state index contributed by atoms with van der Waals surface area (Å²) >= 11 is 3.61. The Morgan fingerprint density at radius 2 is 2.08 bits per heavy atom. The summed E-state index contributed by atoms with van der Waals surface area (Å²) in [5.41, 5.74) is 10.8. The lowest BCUT2D eigenvalue weighted by atomic mass is 9.89. The minimum absolute atomic E-state index is 0.00252. The number of carboxylic acid groups (broad SMARTS) is 2. The van der Waals surface area contributed by atoms with Crippen LogP contribution in [0.25, 0.3) is 5.65 Å². The first-order valence-electron chi connectivity index (χ1n) is 14.2. The number of nitrogens with one attached hydrogen (secondary N) is 1. The van der Waals surface area contributed by atoms with Gasteiger partial charge in [-0.05, 0) is 25.5 Å². The first-order valence-corrected chi connectivity index (χ1v) is 16.9. The van der Waals surface area contributed by atoms with Crippen molar-refractivity contribution in [3.63, 3.8) is 0 Å². The standard InChI is InChI=1S/C28H28N10O7S3/c1-28(2,26(43)44)45-33-19(22-32-27(31)48-34-22)17(39)8-16-23(40)38-20(25(41)42)14(12-47-24(16)38)9-36-4-3-18-35(5-6-37(18)36)10-15-7-13(11-46-15)21(29)30/h3-7,11,16,24H,8-10,12H2,1-2H3,(H6-,29,30,31,32,34,41,42,43,44)/b33-19+/t16-,24-/m1/s1. The van der Waals surface area contributed by atoms with Gasteiger partial charge in [0.25, 0.3) is 0 Å². The topological polar surface area (TPSA) is 251 Å². The van der Waals surface area contributed by atoms with E-state index in [9.17, 15) is 29.4 Å². The molecule has 2 atom stereocenters. The number of thioether (sulfide) groups is 1. The number of anilines is 1. The van der Waals surface area contributed by atoms with Gasteiger partial charge in [-0.2, -0.15) is 9.36 Å². The van der Waals surface area contributed by atoms with Crippen LogP contribution in [0.5, 0.6) is 0 Å². The van der Waals surface area contributed by atoms with Gasteiger partial charge in [-0.15, -0.1) is 27.6 Å². The number of imidazole rings is 1. The quantitative estimate of drug-likeness (QED) is 0.0456. The molecule has 48 heavy (non-hydrogen) atoms. The second-order valence-electron chi connectivity index (χ2n) is 11.4. The number of amides is 1. The Bertz CT molecular complexity index is 2060. The number of oxime groups is 1. The van der Waals surface area contributed by atoms with Crippen molar-refractivity contribution in [2.24, 2.45) is 16.8 Å². The summed E-state index contributed by atoms with van der Waals surface area (Å²) in [7, 11) is 0. The molecular weight excluding hydrogens is 685 g/mol. The van der Waals surface area contributed by atoms with Gasteiger partial charge in [0.2, 0.25) is 17.3 Å². The molecule has 0 spiro atoms. The molecule has 6 heterocycles. The zero-order valence-corrected chi connectivity index (χ0v) is 27.8. The maximum Gasteiger partial charge on any atom is 0.350 e. The van der Waals surface area contributed by atoms with Gasteiger partial charge in [-0.3, -0.25) is 19.9 Å². The number of thiophene rings is 1. The van der Waals surface area contributed by atoms with Crippen molar-refractivity contribution in [3.05, 3.63) is 63.6 Å². The second kappa shape index (κ2) is 12.5. The average Bonchev–Trinajstić information content (AvgIpc) is 3.83. The molecule has 0 bridgehead atoms. The van der Waals surface area contributed by atoms with Crippen LogP contribution in [0.1, 0.15) is 36.5 Å². The minimum Gasteiger partial charge on any atom is -0.543 e. The maximum atomic E-state index is 13.4. The van der Waals surface area contributed by atoms with Crippen LogP contribution in [0, 0.1) is 11.3 Å². The molecule has 0 aliphatic carbocycles. The normalized spacial score (nSPS) is 18.2. The molecule has 0 aromatic carbocycles. The van der Waals surface area contributed by atoms with E-state index in [1.54, 1.807) is 0 Å². The smallest absolute Gasteiger partial charge is 0.350 e. The van der Waals surface area contributed by atoms with E-state index in [0.717, 1.165) is 27.0 Å². The van der Waals surface area contributed by atoms with Gasteiger partial charge in [-0.1, -0.05) is 5.16 Å². The number of carbonyl (C=O) groups is 4. The van der Waals surface area contributed by atoms with Crippen molar-refractivity contribution in [1.29, 1.82) is 5.41 Å². The molecule has 4 aromatic rings. The number of β-lactam (4-membered cyclic amide) rings is 1.